The Morgan fingerprint density at radius 3 is 2.38 bits per heavy atom. The van der Waals surface area contributed by atoms with Crippen molar-refractivity contribution in [1.29, 1.82) is 0 Å². The topological polar surface area (TPSA) is 79.5 Å². The van der Waals surface area contributed by atoms with E-state index in [1.54, 1.807) is 24.3 Å². The molecule has 0 atom stereocenters. The number of carbonyl (C=O) groups excluding carboxylic acids is 2. The standard InChI is InChI=1S/C20H23N3O3/c1-14(2)13-26-19-10-5-4-9-18(19)21-12-20(25)23-17-8-6-7-16(11-17)22-15(3)24/h4-11,21H,1,12-13H2,2-3H3,(H,22,24)(H,23,25). The van der Waals surface area contributed by atoms with Crippen LogP contribution in [0.5, 0.6) is 5.75 Å². The molecule has 136 valence electrons. The first kappa shape index (κ1) is 19.1. The lowest BCUT2D eigenvalue weighted by Crippen LogP contribution is -2.22. The zero-order valence-electron chi connectivity index (χ0n) is 15.0. The van der Waals surface area contributed by atoms with E-state index in [1.807, 2.05) is 31.2 Å². The maximum absolute atomic E-state index is 12.2. The number of para-hydroxylation sites is 2. The maximum atomic E-state index is 12.2. The summed E-state index contributed by atoms with van der Waals surface area (Å²) in [5.74, 6) is 0.289. The Bertz CT molecular complexity index is 802. The lowest BCUT2D eigenvalue weighted by atomic mass is 10.2. The molecule has 6 heteroatoms. The van der Waals surface area contributed by atoms with E-state index >= 15 is 0 Å². The van der Waals surface area contributed by atoms with Crippen molar-refractivity contribution in [3.8, 4) is 5.75 Å². The summed E-state index contributed by atoms with van der Waals surface area (Å²) in [7, 11) is 0. The molecule has 0 fully saturated rings. The van der Waals surface area contributed by atoms with Gasteiger partial charge in [-0.3, -0.25) is 9.59 Å². The Morgan fingerprint density at radius 2 is 1.69 bits per heavy atom. The van der Waals surface area contributed by atoms with E-state index in [9.17, 15) is 9.59 Å². The Kier molecular flexibility index (Phi) is 6.79. The van der Waals surface area contributed by atoms with Crippen molar-refractivity contribution in [2.45, 2.75) is 13.8 Å². The van der Waals surface area contributed by atoms with Crippen molar-refractivity contribution >= 4 is 28.9 Å². The van der Waals surface area contributed by atoms with Gasteiger partial charge in [-0.15, -0.1) is 0 Å². The van der Waals surface area contributed by atoms with Crippen LogP contribution in [0, 0.1) is 0 Å². The van der Waals surface area contributed by atoms with E-state index < -0.39 is 0 Å². The van der Waals surface area contributed by atoms with Gasteiger partial charge in [0.1, 0.15) is 12.4 Å². The molecule has 0 heterocycles. The molecule has 0 spiro atoms. The number of hydrogen-bond donors (Lipinski definition) is 3. The third kappa shape index (κ3) is 6.32. The van der Waals surface area contributed by atoms with Gasteiger partial charge in [-0.25, -0.2) is 0 Å². The van der Waals surface area contributed by atoms with Gasteiger partial charge in [-0.2, -0.15) is 0 Å². The highest BCUT2D eigenvalue weighted by Gasteiger charge is 2.07. The van der Waals surface area contributed by atoms with Crippen LogP contribution >= 0.6 is 0 Å². The average molecular weight is 353 g/mol. The average Bonchev–Trinajstić information content (AvgIpc) is 2.58. The molecule has 2 amide bonds. The molecule has 3 N–H and O–H groups in total. The molecule has 6 nitrogen and oxygen atoms in total. The van der Waals surface area contributed by atoms with E-state index in [4.69, 9.17) is 4.74 Å². The highest BCUT2D eigenvalue weighted by Crippen LogP contribution is 2.24. The summed E-state index contributed by atoms with van der Waals surface area (Å²) in [6.07, 6.45) is 0. The molecule has 0 radical (unpaired) electrons. The Balaban J connectivity index is 1.93. The molecule has 26 heavy (non-hydrogen) atoms. The van der Waals surface area contributed by atoms with Crippen molar-refractivity contribution < 1.29 is 14.3 Å². The predicted molar refractivity (Wildman–Crippen MR) is 105 cm³/mol. The number of hydrogen-bond acceptors (Lipinski definition) is 4. The zero-order valence-corrected chi connectivity index (χ0v) is 15.0. The second-order valence-electron chi connectivity index (χ2n) is 5.91. The van der Waals surface area contributed by atoms with Gasteiger partial charge in [-0.05, 0) is 42.8 Å². The number of nitrogens with one attached hydrogen (secondary N) is 3. The van der Waals surface area contributed by atoms with Crippen molar-refractivity contribution in [3.63, 3.8) is 0 Å². The predicted octanol–water partition coefficient (Wildman–Crippen LogP) is 3.65. The number of ether oxygens (including phenoxy) is 1. The van der Waals surface area contributed by atoms with Gasteiger partial charge >= 0.3 is 0 Å². The van der Waals surface area contributed by atoms with Crippen molar-refractivity contribution in [1.82, 2.24) is 0 Å². The van der Waals surface area contributed by atoms with Crippen molar-refractivity contribution in [3.05, 3.63) is 60.7 Å². The van der Waals surface area contributed by atoms with Crippen molar-refractivity contribution in [2.24, 2.45) is 0 Å². The first-order valence-electron chi connectivity index (χ1n) is 8.21. The number of benzene rings is 2. The third-order valence-corrected chi connectivity index (χ3v) is 3.27. The van der Waals surface area contributed by atoms with E-state index in [0.717, 1.165) is 11.3 Å². The summed E-state index contributed by atoms with van der Waals surface area (Å²) >= 11 is 0. The van der Waals surface area contributed by atoms with Gasteiger partial charge < -0.3 is 20.7 Å². The second kappa shape index (κ2) is 9.27. The van der Waals surface area contributed by atoms with Crippen LogP contribution in [0.15, 0.2) is 60.7 Å². The Morgan fingerprint density at radius 1 is 1.00 bits per heavy atom. The summed E-state index contributed by atoms with van der Waals surface area (Å²) in [4.78, 5) is 23.3. The fraction of sp³-hybridized carbons (Fsp3) is 0.200. The van der Waals surface area contributed by atoms with Crippen LogP contribution in [0.1, 0.15) is 13.8 Å². The van der Waals surface area contributed by atoms with Crippen LogP contribution in [-0.2, 0) is 9.59 Å². The van der Waals surface area contributed by atoms with Crippen LogP contribution in [0.4, 0.5) is 17.1 Å². The summed E-state index contributed by atoms with van der Waals surface area (Å²) in [6.45, 7) is 7.63. The maximum Gasteiger partial charge on any atom is 0.243 e. The minimum absolute atomic E-state index is 0.0812. The quantitative estimate of drug-likeness (QED) is 0.633. The van der Waals surface area contributed by atoms with Crippen LogP contribution in [0.2, 0.25) is 0 Å². The summed E-state index contributed by atoms with van der Waals surface area (Å²) in [5, 5.41) is 8.53. The number of amides is 2. The number of rotatable bonds is 8. The van der Waals surface area contributed by atoms with Gasteiger partial charge in [0.2, 0.25) is 11.8 Å². The monoisotopic (exact) mass is 353 g/mol. The van der Waals surface area contributed by atoms with Crippen LogP contribution < -0.4 is 20.7 Å². The first-order valence-corrected chi connectivity index (χ1v) is 8.21. The zero-order chi connectivity index (χ0) is 18.9. The van der Waals surface area contributed by atoms with E-state index in [1.165, 1.54) is 6.92 Å². The van der Waals surface area contributed by atoms with Crippen LogP contribution in [0.25, 0.3) is 0 Å². The molecule has 0 aromatic heterocycles. The summed E-state index contributed by atoms with van der Waals surface area (Å²) < 4.78 is 5.67. The van der Waals surface area contributed by atoms with Gasteiger partial charge in [0.25, 0.3) is 0 Å². The molecular weight excluding hydrogens is 330 g/mol. The smallest absolute Gasteiger partial charge is 0.243 e. The molecule has 0 aliphatic carbocycles. The molecular formula is C20H23N3O3. The fourth-order valence-corrected chi connectivity index (χ4v) is 2.20. The Labute approximate surface area is 153 Å². The first-order chi connectivity index (χ1) is 12.4. The SMILES string of the molecule is C=C(C)COc1ccccc1NCC(=O)Nc1cccc(NC(C)=O)c1. The highest BCUT2D eigenvalue weighted by molar-refractivity contribution is 5.95. The molecule has 2 aromatic carbocycles. The van der Waals surface area contributed by atoms with E-state index in [0.29, 0.717) is 23.7 Å². The van der Waals surface area contributed by atoms with Crippen molar-refractivity contribution in [2.75, 3.05) is 29.1 Å². The molecule has 0 aliphatic rings. The van der Waals surface area contributed by atoms with Gasteiger partial charge in [-0.1, -0.05) is 24.8 Å². The molecule has 0 aliphatic heterocycles. The van der Waals surface area contributed by atoms with Gasteiger partial charge in [0.05, 0.1) is 12.2 Å². The molecule has 2 aromatic rings. The minimum atomic E-state index is -0.209. The van der Waals surface area contributed by atoms with Gasteiger partial charge in [0, 0.05) is 18.3 Å². The number of anilines is 3. The molecule has 0 saturated heterocycles. The fourth-order valence-electron chi connectivity index (χ4n) is 2.20. The minimum Gasteiger partial charge on any atom is -0.487 e. The summed E-state index contributed by atoms with van der Waals surface area (Å²) in [5.41, 5.74) is 2.88. The molecule has 0 bridgehead atoms. The lowest BCUT2D eigenvalue weighted by Gasteiger charge is -2.13. The van der Waals surface area contributed by atoms with Crippen LogP contribution in [-0.4, -0.2) is 25.0 Å². The lowest BCUT2D eigenvalue weighted by molar-refractivity contribution is -0.115. The van der Waals surface area contributed by atoms with E-state index in [-0.39, 0.29) is 18.4 Å². The van der Waals surface area contributed by atoms with Gasteiger partial charge in [0.15, 0.2) is 0 Å². The second-order valence-corrected chi connectivity index (χ2v) is 5.91. The molecule has 0 unspecified atom stereocenters. The Hall–Kier alpha value is -3.28. The van der Waals surface area contributed by atoms with E-state index in [2.05, 4.69) is 22.5 Å². The number of carbonyl (C=O) groups is 2. The molecule has 0 saturated carbocycles. The third-order valence-electron chi connectivity index (χ3n) is 3.27. The molecule has 2 rings (SSSR count). The largest absolute Gasteiger partial charge is 0.487 e. The van der Waals surface area contributed by atoms with Crippen LogP contribution in [0.3, 0.4) is 0 Å². The highest BCUT2D eigenvalue weighted by atomic mass is 16.5. The summed E-state index contributed by atoms with van der Waals surface area (Å²) in [6, 6.07) is 14.4. The normalized spacial score (nSPS) is 9.92.